The predicted octanol–water partition coefficient (Wildman–Crippen LogP) is 5.67. The van der Waals surface area contributed by atoms with E-state index in [1.165, 1.54) is 0 Å². The Balaban J connectivity index is 0.000000305. The molecule has 0 saturated carbocycles. The van der Waals surface area contributed by atoms with E-state index in [1.807, 2.05) is 53.7 Å². The molecule has 1 aromatic carbocycles. The predicted molar refractivity (Wildman–Crippen MR) is 154 cm³/mol. The van der Waals surface area contributed by atoms with Crippen LogP contribution in [-0.4, -0.2) is 83.4 Å². The van der Waals surface area contributed by atoms with Crippen LogP contribution in [0.1, 0.15) is 67.2 Å². The van der Waals surface area contributed by atoms with Crippen LogP contribution in [0, 0.1) is 11.8 Å². The van der Waals surface area contributed by atoms with Crippen molar-refractivity contribution in [3.63, 3.8) is 0 Å². The number of nitrogens with zero attached hydrogens (tertiary/aromatic N) is 3. The Morgan fingerprint density at radius 2 is 1.15 bits per heavy atom. The summed E-state index contributed by atoms with van der Waals surface area (Å²) in [5, 5.41) is 9.46. The van der Waals surface area contributed by atoms with Crippen LogP contribution < -0.4 is 4.90 Å². The summed E-state index contributed by atoms with van der Waals surface area (Å²) in [6.07, 6.45) is 1.66. The molecule has 2 saturated heterocycles. The third-order valence-electron chi connectivity index (χ3n) is 6.54. The molecule has 0 radical (unpaired) electrons. The number of carboxylic acids is 1. The summed E-state index contributed by atoms with van der Waals surface area (Å²) in [5.41, 5.74) is -0.182. The molecule has 3 amide bonds. The first-order valence-electron chi connectivity index (χ1n) is 13.7. The molecule has 0 bridgehead atoms. The monoisotopic (exact) mass is 581 g/mol. The van der Waals surface area contributed by atoms with E-state index in [9.17, 15) is 19.2 Å². The molecule has 1 N–H and O–H groups in total. The molecular formula is C29H44ClN3O7. The maximum Gasteiger partial charge on any atom is 0.410 e. The molecule has 0 spiro atoms. The van der Waals surface area contributed by atoms with Crippen molar-refractivity contribution in [1.29, 1.82) is 0 Å². The van der Waals surface area contributed by atoms with Crippen LogP contribution in [0.25, 0.3) is 0 Å². The molecule has 0 aliphatic carbocycles. The third kappa shape index (κ3) is 10.9. The smallest absolute Gasteiger partial charge is 0.410 e. The number of likely N-dealkylation sites (tertiary alicyclic amines) is 2. The van der Waals surface area contributed by atoms with Crippen molar-refractivity contribution in [2.75, 3.05) is 38.1 Å². The van der Waals surface area contributed by atoms with Gasteiger partial charge < -0.3 is 29.3 Å². The quantitative estimate of drug-likeness (QED) is 0.489. The molecule has 2 aliphatic rings. The number of hydrogen-bond acceptors (Lipinski definition) is 6. The maximum absolute atomic E-state index is 12.6. The number of aliphatic carboxylic acids is 1. The number of carbonyl (C=O) groups excluding carboxylic acids is 3. The van der Waals surface area contributed by atoms with Gasteiger partial charge in [-0.25, -0.2) is 9.59 Å². The van der Waals surface area contributed by atoms with E-state index in [-0.39, 0.29) is 29.9 Å². The van der Waals surface area contributed by atoms with Gasteiger partial charge in [0.1, 0.15) is 11.2 Å². The minimum atomic E-state index is -0.774. The minimum Gasteiger partial charge on any atom is -0.481 e. The van der Waals surface area contributed by atoms with Crippen molar-refractivity contribution in [3.8, 4) is 0 Å². The summed E-state index contributed by atoms with van der Waals surface area (Å²) < 4.78 is 10.6. The van der Waals surface area contributed by atoms with Crippen LogP contribution in [-0.2, 0) is 19.1 Å². The topological polar surface area (TPSA) is 117 Å². The molecule has 1 aromatic rings. The summed E-state index contributed by atoms with van der Waals surface area (Å²) in [6.45, 7) is 13.0. The van der Waals surface area contributed by atoms with Gasteiger partial charge in [0.2, 0.25) is 5.91 Å². The highest BCUT2D eigenvalue weighted by atomic mass is 35.5. The molecule has 0 atom stereocenters. The number of piperidine rings is 2. The molecule has 2 fully saturated rings. The first-order chi connectivity index (χ1) is 18.5. The van der Waals surface area contributed by atoms with Crippen molar-refractivity contribution < 1.29 is 33.8 Å². The van der Waals surface area contributed by atoms with Crippen molar-refractivity contribution >= 4 is 41.4 Å². The number of benzene rings is 1. The highest BCUT2D eigenvalue weighted by molar-refractivity contribution is 6.30. The molecule has 40 heavy (non-hydrogen) atoms. The van der Waals surface area contributed by atoms with E-state index >= 15 is 0 Å². The molecule has 3 rings (SSSR count). The first-order valence-corrected chi connectivity index (χ1v) is 14.1. The Bertz CT molecular complexity index is 1020. The van der Waals surface area contributed by atoms with Crippen molar-refractivity contribution in [2.24, 2.45) is 11.8 Å². The second-order valence-corrected chi connectivity index (χ2v) is 12.6. The van der Waals surface area contributed by atoms with Gasteiger partial charge in [-0.1, -0.05) is 11.6 Å². The fourth-order valence-electron chi connectivity index (χ4n) is 4.34. The molecule has 0 aromatic heterocycles. The molecular weight excluding hydrogens is 538 g/mol. The van der Waals surface area contributed by atoms with E-state index in [4.69, 9.17) is 26.2 Å². The first kappa shape index (κ1) is 33.2. The van der Waals surface area contributed by atoms with Gasteiger partial charge in [-0.3, -0.25) is 9.59 Å². The summed E-state index contributed by atoms with van der Waals surface area (Å²) >= 11 is 5.88. The third-order valence-corrected chi connectivity index (χ3v) is 6.79. The van der Waals surface area contributed by atoms with Gasteiger partial charge in [0.25, 0.3) is 0 Å². The zero-order chi connectivity index (χ0) is 30.3. The number of amides is 3. The van der Waals surface area contributed by atoms with E-state index in [1.54, 1.807) is 33.9 Å². The summed E-state index contributed by atoms with van der Waals surface area (Å²) in [6, 6.07) is 7.20. The van der Waals surface area contributed by atoms with E-state index < -0.39 is 17.2 Å². The Hall–Kier alpha value is -3.01. The van der Waals surface area contributed by atoms with Crippen LogP contribution in [0.4, 0.5) is 15.3 Å². The van der Waals surface area contributed by atoms with Crippen LogP contribution in [0.15, 0.2) is 24.3 Å². The minimum absolute atomic E-state index is 0.0705. The summed E-state index contributed by atoms with van der Waals surface area (Å²) in [4.78, 5) is 52.0. The van der Waals surface area contributed by atoms with Gasteiger partial charge in [-0.05, 0) is 91.5 Å². The lowest BCUT2D eigenvalue weighted by Gasteiger charge is -2.34. The number of anilines is 1. The lowest BCUT2D eigenvalue weighted by Crippen LogP contribution is -2.45. The normalized spacial score (nSPS) is 16.9. The molecule has 224 valence electrons. The van der Waals surface area contributed by atoms with Crippen molar-refractivity contribution in [1.82, 2.24) is 9.80 Å². The van der Waals surface area contributed by atoms with Gasteiger partial charge in [-0.2, -0.15) is 0 Å². The van der Waals surface area contributed by atoms with E-state index in [2.05, 4.69) is 0 Å². The van der Waals surface area contributed by atoms with Gasteiger partial charge in [0, 0.05) is 49.9 Å². The fourth-order valence-corrected chi connectivity index (χ4v) is 4.46. The molecule has 2 aliphatic heterocycles. The number of halogens is 1. The van der Waals surface area contributed by atoms with Crippen LogP contribution in [0.3, 0.4) is 0 Å². The zero-order valence-corrected chi connectivity index (χ0v) is 25.5. The lowest BCUT2D eigenvalue weighted by atomic mass is 9.95. The van der Waals surface area contributed by atoms with Crippen LogP contribution >= 0.6 is 11.6 Å². The number of carbonyl (C=O) groups is 4. The Morgan fingerprint density at radius 1 is 0.775 bits per heavy atom. The average molecular weight is 582 g/mol. The summed E-state index contributed by atoms with van der Waals surface area (Å²) in [5.74, 6) is -1.10. The second-order valence-electron chi connectivity index (χ2n) is 12.2. The Kier molecular flexibility index (Phi) is 11.7. The largest absolute Gasteiger partial charge is 0.481 e. The van der Waals surface area contributed by atoms with Crippen molar-refractivity contribution in [2.45, 2.75) is 78.4 Å². The maximum atomic E-state index is 12.6. The molecule has 10 nitrogen and oxygen atoms in total. The van der Waals surface area contributed by atoms with Gasteiger partial charge in [-0.15, -0.1) is 0 Å². The average Bonchev–Trinajstić information content (AvgIpc) is 2.87. The lowest BCUT2D eigenvalue weighted by molar-refractivity contribution is -0.143. The number of ether oxygens (including phenoxy) is 2. The Labute approximate surface area is 242 Å². The van der Waals surface area contributed by atoms with Crippen LogP contribution in [0.5, 0.6) is 0 Å². The zero-order valence-electron chi connectivity index (χ0n) is 24.7. The Morgan fingerprint density at radius 3 is 1.50 bits per heavy atom. The van der Waals surface area contributed by atoms with E-state index in [0.29, 0.717) is 56.9 Å². The molecule has 0 unspecified atom stereocenters. The highest BCUT2D eigenvalue weighted by Gasteiger charge is 2.32. The highest BCUT2D eigenvalue weighted by Crippen LogP contribution is 2.25. The molecule has 2 heterocycles. The van der Waals surface area contributed by atoms with Crippen LogP contribution in [0.2, 0.25) is 5.02 Å². The van der Waals surface area contributed by atoms with E-state index in [0.717, 1.165) is 5.69 Å². The molecule has 11 heteroatoms. The number of hydrogen-bond donors (Lipinski definition) is 1. The fraction of sp³-hybridized carbons (Fsp3) is 0.655. The van der Waals surface area contributed by atoms with Gasteiger partial charge in [0.05, 0.1) is 5.92 Å². The summed E-state index contributed by atoms with van der Waals surface area (Å²) in [7, 11) is 1.77. The number of rotatable bonds is 3. The van der Waals surface area contributed by atoms with Crippen molar-refractivity contribution in [3.05, 3.63) is 29.3 Å². The van der Waals surface area contributed by atoms with Gasteiger partial charge in [0.15, 0.2) is 0 Å². The second kappa shape index (κ2) is 14.1. The standard InChI is InChI=1S/C18H25ClN2O3.C11H19NO4/c1-18(2,3)24-17(23)21-11-9-13(10-12-21)16(22)20(4)15-7-5-14(19)6-8-15;1-11(2,3)16-10(15)12-6-4-8(5-7-12)9(13)14/h5-8,13H,9-12H2,1-4H3;8H,4-7H2,1-3H3,(H,13,14). The SMILES string of the molecule is CC(C)(C)OC(=O)N1CCC(C(=O)O)CC1.CN(C(=O)C1CCN(C(=O)OC(C)(C)C)CC1)c1ccc(Cl)cc1. The van der Waals surface area contributed by atoms with Gasteiger partial charge >= 0.3 is 18.2 Å². The number of carboxylic acid groups (broad SMARTS) is 1.